The standard InChI is InChI=1S/C37H48N6O5S2.CH4O3S/c1-24(2)33(42-36(46)43(5)20-29-22-49-35(40-29)25(3)4)34(45)39-28(16-26-12-8-6-9-13-26)18-32(44)31(17-27-14-10-7-11-15-27)41-37(47)48-21-30-19-38-23-50-30;1-5(2,3)4/h6-15,19,22-25,28,31-33,44H,16-18,20-21H2,1-5H3,(H,39,45)(H,41,47)(H,42,46);1H3,(H,2,3,4). The average Bonchev–Trinajstić information content (AvgIpc) is 3.82. The van der Waals surface area contributed by atoms with Crippen LogP contribution in [0.3, 0.4) is 0 Å². The summed E-state index contributed by atoms with van der Waals surface area (Å²) in [5.74, 6) is -0.277. The second-order valence-electron chi connectivity index (χ2n) is 13.8. The van der Waals surface area contributed by atoms with E-state index in [1.807, 2.05) is 79.9 Å². The number of carbonyl (C=O) groups is 3. The molecule has 4 atom stereocenters. The molecule has 0 spiro atoms. The number of aliphatic hydroxyl groups is 1. The SMILES string of the molecule is CC(C)c1nc(CN(C)C(=O)NC(C(=O)NC(Cc2ccccc2)CC(O)C(Cc2ccccc2)NC(=O)OCc2cncs2)C(C)C)cs1.CS(=O)(=O)O. The first-order chi connectivity index (χ1) is 26.0. The van der Waals surface area contributed by atoms with Gasteiger partial charge in [0.1, 0.15) is 12.6 Å². The van der Waals surface area contributed by atoms with Gasteiger partial charge in [0.2, 0.25) is 5.91 Å². The zero-order valence-electron chi connectivity index (χ0n) is 31.9. The maximum atomic E-state index is 13.9. The van der Waals surface area contributed by atoms with E-state index in [0.29, 0.717) is 31.6 Å². The Morgan fingerprint density at radius 3 is 2.04 bits per heavy atom. The number of hydrogen-bond donors (Lipinski definition) is 5. The minimum atomic E-state index is -3.67. The third kappa shape index (κ3) is 17.3. The van der Waals surface area contributed by atoms with E-state index in [4.69, 9.17) is 9.29 Å². The number of aliphatic hydroxyl groups excluding tert-OH is 1. The van der Waals surface area contributed by atoms with Gasteiger partial charge in [-0.15, -0.1) is 22.7 Å². The Morgan fingerprint density at radius 2 is 1.51 bits per heavy atom. The normalized spacial score (nSPS) is 13.5. The number of alkyl carbamates (subject to hydrolysis) is 1. The van der Waals surface area contributed by atoms with Gasteiger partial charge in [0.15, 0.2) is 0 Å². The molecule has 2 aromatic heterocycles. The molecule has 0 aliphatic heterocycles. The van der Waals surface area contributed by atoms with Crippen molar-refractivity contribution >= 4 is 50.8 Å². The first kappa shape index (κ1) is 45.0. The molecule has 17 heteroatoms. The molecule has 2 heterocycles. The van der Waals surface area contributed by atoms with E-state index in [-0.39, 0.29) is 30.9 Å². The molecule has 0 radical (unpaired) electrons. The van der Waals surface area contributed by atoms with Crippen molar-refractivity contribution in [3.8, 4) is 0 Å². The maximum Gasteiger partial charge on any atom is 0.407 e. The largest absolute Gasteiger partial charge is 0.444 e. The van der Waals surface area contributed by atoms with Crippen molar-refractivity contribution < 1.29 is 37.2 Å². The van der Waals surface area contributed by atoms with Gasteiger partial charge in [-0.3, -0.25) is 14.3 Å². The third-order valence-corrected chi connectivity index (χ3v) is 10.1. The van der Waals surface area contributed by atoms with Crippen molar-refractivity contribution in [1.29, 1.82) is 0 Å². The second-order valence-corrected chi connectivity index (χ2v) is 17.1. The summed E-state index contributed by atoms with van der Waals surface area (Å²) in [6, 6.07) is 16.8. The predicted octanol–water partition coefficient (Wildman–Crippen LogP) is 5.41. The number of aromatic nitrogens is 2. The van der Waals surface area contributed by atoms with Crippen molar-refractivity contribution in [1.82, 2.24) is 30.8 Å². The maximum absolute atomic E-state index is 13.9. The summed E-state index contributed by atoms with van der Waals surface area (Å²) in [4.78, 5) is 51.0. The lowest BCUT2D eigenvalue weighted by molar-refractivity contribution is -0.124. The van der Waals surface area contributed by atoms with Gasteiger partial charge in [0, 0.05) is 30.6 Å². The Labute approximate surface area is 331 Å². The Morgan fingerprint density at radius 1 is 0.909 bits per heavy atom. The predicted molar refractivity (Wildman–Crippen MR) is 214 cm³/mol. The fourth-order valence-electron chi connectivity index (χ4n) is 5.39. The zero-order valence-corrected chi connectivity index (χ0v) is 34.4. The number of amides is 4. The van der Waals surface area contributed by atoms with Gasteiger partial charge < -0.3 is 30.7 Å². The van der Waals surface area contributed by atoms with Crippen LogP contribution < -0.4 is 16.0 Å². The average molecular weight is 817 g/mol. The van der Waals surface area contributed by atoms with Gasteiger partial charge in [-0.2, -0.15) is 8.42 Å². The van der Waals surface area contributed by atoms with Crippen LogP contribution in [0.25, 0.3) is 0 Å². The molecule has 0 bridgehead atoms. The van der Waals surface area contributed by atoms with Gasteiger partial charge in [0.25, 0.3) is 10.1 Å². The van der Waals surface area contributed by atoms with Crippen LogP contribution in [0.1, 0.15) is 66.7 Å². The van der Waals surface area contributed by atoms with Crippen LogP contribution in [0, 0.1) is 5.92 Å². The van der Waals surface area contributed by atoms with E-state index in [2.05, 4.69) is 39.8 Å². The van der Waals surface area contributed by atoms with Crippen molar-refractivity contribution in [2.24, 2.45) is 5.92 Å². The van der Waals surface area contributed by atoms with Gasteiger partial charge in [-0.25, -0.2) is 14.6 Å². The molecule has 4 amide bonds. The number of urea groups is 1. The molecule has 0 saturated heterocycles. The Bertz CT molecular complexity index is 1850. The quantitative estimate of drug-likeness (QED) is 0.0859. The first-order valence-corrected chi connectivity index (χ1v) is 21.3. The van der Waals surface area contributed by atoms with Gasteiger partial charge >= 0.3 is 12.1 Å². The molecule has 0 fully saturated rings. The van der Waals surface area contributed by atoms with Gasteiger partial charge in [0.05, 0.1) is 46.0 Å². The highest BCUT2D eigenvalue weighted by Gasteiger charge is 2.31. The van der Waals surface area contributed by atoms with Crippen LogP contribution in [0.5, 0.6) is 0 Å². The van der Waals surface area contributed by atoms with Crippen LogP contribution in [-0.4, -0.2) is 88.5 Å². The monoisotopic (exact) mass is 816 g/mol. The number of benzene rings is 2. The molecule has 14 nitrogen and oxygen atoms in total. The molecular weight excluding hydrogens is 765 g/mol. The van der Waals surface area contributed by atoms with Crippen molar-refractivity contribution in [3.63, 3.8) is 0 Å². The fraction of sp³-hybridized carbons (Fsp3) is 0.447. The molecule has 4 unspecified atom stereocenters. The van der Waals surface area contributed by atoms with Crippen molar-refractivity contribution in [3.05, 3.63) is 104 Å². The summed E-state index contributed by atoms with van der Waals surface area (Å²) in [7, 11) is -1.99. The molecule has 4 aromatic rings. The number of thiazole rings is 2. The molecule has 0 aliphatic rings. The smallest absolute Gasteiger partial charge is 0.407 e. The van der Waals surface area contributed by atoms with Crippen LogP contribution >= 0.6 is 22.7 Å². The Hall–Kier alpha value is -4.42. The highest BCUT2D eigenvalue weighted by molar-refractivity contribution is 7.85. The number of rotatable bonds is 17. The first-order valence-electron chi connectivity index (χ1n) is 17.7. The van der Waals surface area contributed by atoms with Crippen LogP contribution in [0.15, 0.2) is 77.8 Å². The highest BCUT2D eigenvalue weighted by atomic mass is 32.2. The van der Waals surface area contributed by atoms with E-state index in [0.717, 1.165) is 26.7 Å². The van der Waals surface area contributed by atoms with Gasteiger partial charge in [-0.05, 0) is 36.3 Å². The van der Waals surface area contributed by atoms with E-state index >= 15 is 0 Å². The van der Waals surface area contributed by atoms with Crippen LogP contribution in [0.4, 0.5) is 9.59 Å². The lowest BCUT2D eigenvalue weighted by Gasteiger charge is -2.30. The van der Waals surface area contributed by atoms with Crippen molar-refractivity contribution in [2.75, 3.05) is 13.3 Å². The molecule has 2 aromatic carbocycles. The van der Waals surface area contributed by atoms with E-state index in [1.54, 1.807) is 30.1 Å². The minimum absolute atomic E-state index is 0.0671. The molecule has 0 saturated carbocycles. The fourth-order valence-corrected chi connectivity index (χ4v) is 6.72. The minimum Gasteiger partial charge on any atom is -0.444 e. The summed E-state index contributed by atoms with van der Waals surface area (Å²) in [5.41, 5.74) is 4.35. The second kappa shape index (κ2) is 22.2. The summed E-state index contributed by atoms with van der Waals surface area (Å²) in [6.45, 7) is 8.28. The van der Waals surface area contributed by atoms with Crippen molar-refractivity contribution in [2.45, 2.75) is 90.3 Å². The molecule has 300 valence electrons. The third-order valence-electron chi connectivity index (χ3n) is 8.13. The summed E-state index contributed by atoms with van der Waals surface area (Å²) < 4.78 is 31.3. The Kier molecular flexibility index (Phi) is 18.2. The number of carbonyl (C=O) groups excluding carboxylic acids is 3. The molecule has 0 aliphatic carbocycles. The topological polar surface area (TPSA) is 200 Å². The van der Waals surface area contributed by atoms with E-state index < -0.39 is 40.4 Å². The number of ether oxygens (including phenoxy) is 1. The van der Waals surface area contributed by atoms with E-state index in [1.165, 1.54) is 16.2 Å². The molecule has 55 heavy (non-hydrogen) atoms. The lowest BCUT2D eigenvalue weighted by Crippen LogP contribution is -2.55. The zero-order chi connectivity index (χ0) is 40.5. The molecular formula is C38H52N6O8S3. The van der Waals surface area contributed by atoms with Crippen LogP contribution in [-0.2, 0) is 45.6 Å². The van der Waals surface area contributed by atoms with Gasteiger partial charge in [-0.1, -0.05) is 88.4 Å². The number of nitrogens with zero attached hydrogens (tertiary/aromatic N) is 3. The number of nitrogens with one attached hydrogen (secondary N) is 3. The summed E-state index contributed by atoms with van der Waals surface area (Å²) >= 11 is 2.95. The highest BCUT2D eigenvalue weighted by Crippen LogP contribution is 2.20. The molecule has 5 N–H and O–H groups in total. The van der Waals surface area contributed by atoms with E-state index in [9.17, 15) is 27.9 Å². The Balaban J connectivity index is 0.00000152. The summed E-state index contributed by atoms with van der Waals surface area (Å²) in [6.07, 6.45) is 1.55. The lowest BCUT2D eigenvalue weighted by atomic mass is 9.93. The number of hydrogen-bond acceptors (Lipinski definition) is 11. The van der Waals surface area contributed by atoms with Crippen LogP contribution in [0.2, 0.25) is 0 Å². The summed E-state index contributed by atoms with van der Waals surface area (Å²) in [5, 5.41) is 23.5. The molecule has 4 rings (SSSR count).